The second-order valence-corrected chi connectivity index (χ2v) is 7.82. The van der Waals surface area contributed by atoms with Gasteiger partial charge in [0.2, 0.25) is 0 Å². The SMILES string of the molecule is CC[C@H](C)NC(=O)c1ccccc1NS(=O)(=O)c1ccc(C)c([N+](=O)[O-])c1. The second-order valence-electron chi connectivity index (χ2n) is 6.14. The van der Waals surface area contributed by atoms with Crippen LogP contribution in [-0.2, 0) is 10.0 Å². The molecule has 0 saturated heterocycles. The molecule has 0 unspecified atom stereocenters. The Kier molecular flexibility index (Phi) is 6.17. The van der Waals surface area contributed by atoms with Gasteiger partial charge in [0, 0.05) is 17.7 Å². The topological polar surface area (TPSA) is 118 Å². The van der Waals surface area contributed by atoms with Crippen LogP contribution in [-0.4, -0.2) is 25.3 Å². The van der Waals surface area contributed by atoms with Gasteiger partial charge in [-0.15, -0.1) is 0 Å². The molecule has 144 valence electrons. The second kappa shape index (κ2) is 8.17. The summed E-state index contributed by atoms with van der Waals surface area (Å²) >= 11 is 0. The van der Waals surface area contributed by atoms with Crippen LogP contribution in [0.15, 0.2) is 47.4 Å². The molecule has 1 atom stereocenters. The van der Waals surface area contributed by atoms with Crippen molar-refractivity contribution in [1.29, 1.82) is 0 Å². The third-order valence-corrected chi connectivity index (χ3v) is 5.46. The van der Waals surface area contributed by atoms with Crippen LogP contribution in [0.1, 0.15) is 36.2 Å². The van der Waals surface area contributed by atoms with E-state index in [0.717, 1.165) is 12.5 Å². The van der Waals surface area contributed by atoms with E-state index in [9.17, 15) is 23.3 Å². The van der Waals surface area contributed by atoms with Gasteiger partial charge in [-0.3, -0.25) is 19.6 Å². The number of carbonyl (C=O) groups excluding carboxylic acids is 1. The number of hydrogen-bond donors (Lipinski definition) is 2. The van der Waals surface area contributed by atoms with E-state index in [4.69, 9.17) is 0 Å². The Morgan fingerprint density at radius 2 is 1.89 bits per heavy atom. The highest BCUT2D eigenvalue weighted by molar-refractivity contribution is 7.92. The zero-order chi connectivity index (χ0) is 20.2. The number of rotatable bonds is 7. The molecule has 2 aromatic rings. The van der Waals surface area contributed by atoms with Crippen molar-refractivity contribution in [2.45, 2.75) is 38.1 Å². The van der Waals surface area contributed by atoms with Gasteiger partial charge in [-0.1, -0.05) is 25.1 Å². The minimum absolute atomic E-state index is 0.0677. The molecule has 2 aromatic carbocycles. The van der Waals surface area contributed by atoms with Gasteiger partial charge < -0.3 is 5.32 Å². The predicted octanol–water partition coefficient (Wildman–Crippen LogP) is 3.23. The van der Waals surface area contributed by atoms with Crippen LogP contribution in [0.5, 0.6) is 0 Å². The Labute approximate surface area is 157 Å². The van der Waals surface area contributed by atoms with E-state index in [-0.39, 0.29) is 27.9 Å². The molecule has 27 heavy (non-hydrogen) atoms. The van der Waals surface area contributed by atoms with Crippen LogP contribution in [0.2, 0.25) is 0 Å². The lowest BCUT2D eigenvalue weighted by molar-refractivity contribution is -0.385. The lowest BCUT2D eigenvalue weighted by Gasteiger charge is -2.15. The Morgan fingerprint density at radius 3 is 2.52 bits per heavy atom. The number of hydrogen-bond acceptors (Lipinski definition) is 5. The quantitative estimate of drug-likeness (QED) is 0.555. The molecule has 2 rings (SSSR count). The minimum atomic E-state index is -4.11. The summed E-state index contributed by atoms with van der Waals surface area (Å²) in [6.45, 7) is 5.29. The number of aryl methyl sites for hydroxylation is 1. The van der Waals surface area contributed by atoms with Crippen LogP contribution >= 0.6 is 0 Å². The maximum Gasteiger partial charge on any atom is 0.273 e. The molecule has 0 aliphatic carbocycles. The summed E-state index contributed by atoms with van der Waals surface area (Å²) in [5, 5.41) is 13.9. The fraction of sp³-hybridized carbons (Fsp3) is 0.278. The molecule has 0 spiro atoms. The van der Waals surface area contributed by atoms with Crippen molar-refractivity contribution in [3.05, 3.63) is 63.7 Å². The van der Waals surface area contributed by atoms with Crippen LogP contribution in [0.4, 0.5) is 11.4 Å². The van der Waals surface area contributed by atoms with Crippen molar-refractivity contribution >= 4 is 27.3 Å². The lowest BCUT2D eigenvalue weighted by atomic mass is 10.1. The number of para-hydroxylation sites is 1. The van der Waals surface area contributed by atoms with Gasteiger partial charge in [0.15, 0.2) is 0 Å². The minimum Gasteiger partial charge on any atom is -0.350 e. The molecule has 0 aromatic heterocycles. The molecular formula is C18H21N3O5S. The summed E-state index contributed by atoms with van der Waals surface area (Å²) in [5.41, 5.74) is 0.331. The van der Waals surface area contributed by atoms with Gasteiger partial charge >= 0.3 is 0 Å². The summed E-state index contributed by atoms with van der Waals surface area (Å²) in [5.74, 6) is -0.405. The van der Waals surface area contributed by atoms with Crippen molar-refractivity contribution in [3.8, 4) is 0 Å². The van der Waals surface area contributed by atoms with Crippen LogP contribution in [0.25, 0.3) is 0 Å². The normalized spacial score (nSPS) is 12.3. The van der Waals surface area contributed by atoms with Crippen molar-refractivity contribution in [2.75, 3.05) is 4.72 Å². The van der Waals surface area contributed by atoms with E-state index in [0.29, 0.717) is 5.56 Å². The monoisotopic (exact) mass is 391 g/mol. The van der Waals surface area contributed by atoms with Gasteiger partial charge in [-0.2, -0.15) is 0 Å². The fourth-order valence-corrected chi connectivity index (χ4v) is 3.43. The molecule has 0 fully saturated rings. The molecule has 2 N–H and O–H groups in total. The number of nitro benzene ring substituents is 1. The number of sulfonamides is 1. The zero-order valence-electron chi connectivity index (χ0n) is 15.2. The van der Waals surface area contributed by atoms with E-state index >= 15 is 0 Å². The first kappa shape index (κ1) is 20.4. The smallest absolute Gasteiger partial charge is 0.273 e. The van der Waals surface area contributed by atoms with Gasteiger partial charge in [0.1, 0.15) is 0 Å². The number of nitrogens with zero attached hydrogens (tertiary/aromatic N) is 1. The molecule has 0 aliphatic rings. The number of benzene rings is 2. The summed E-state index contributed by atoms with van der Waals surface area (Å²) < 4.78 is 27.7. The van der Waals surface area contributed by atoms with Crippen molar-refractivity contribution in [1.82, 2.24) is 5.32 Å². The largest absolute Gasteiger partial charge is 0.350 e. The highest BCUT2D eigenvalue weighted by Crippen LogP contribution is 2.25. The summed E-state index contributed by atoms with van der Waals surface area (Å²) in [7, 11) is -4.11. The maximum absolute atomic E-state index is 12.7. The van der Waals surface area contributed by atoms with Gasteiger partial charge in [-0.05, 0) is 38.5 Å². The van der Waals surface area contributed by atoms with Crippen molar-refractivity contribution in [3.63, 3.8) is 0 Å². The fourth-order valence-electron chi connectivity index (χ4n) is 2.33. The zero-order valence-corrected chi connectivity index (χ0v) is 16.0. The molecule has 0 saturated carbocycles. The highest BCUT2D eigenvalue weighted by Gasteiger charge is 2.22. The standard InChI is InChI=1S/C18H21N3O5S/c1-4-13(3)19-18(22)15-7-5-6-8-16(15)20-27(25,26)14-10-9-12(2)17(11-14)21(23)24/h5-11,13,20H,4H2,1-3H3,(H,19,22)/t13-/m0/s1. The number of nitro groups is 1. The molecular weight excluding hydrogens is 370 g/mol. The van der Waals surface area contributed by atoms with E-state index in [1.165, 1.54) is 31.2 Å². The Bertz CT molecular complexity index is 973. The van der Waals surface area contributed by atoms with E-state index in [1.54, 1.807) is 12.1 Å². The maximum atomic E-state index is 12.7. The van der Waals surface area contributed by atoms with E-state index < -0.39 is 20.9 Å². The van der Waals surface area contributed by atoms with Crippen LogP contribution in [0, 0.1) is 17.0 Å². The third-order valence-electron chi connectivity index (χ3n) is 4.09. The van der Waals surface area contributed by atoms with E-state index in [2.05, 4.69) is 10.0 Å². The first-order valence-electron chi connectivity index (χ1n) is 8.33. The molecule has 8 nitrogen and oxygen atoms in total. The third kappa shape index (κ3) is 4.82. The average Bonchev–Trinajstić information content (AvgIpc) is 2.61. The number of nitrogens with one attached hydrogen (secondary N) is 2. The summed E-state index contributed by atoms with van der Waals surface area (Å²) in [4.78, 5) is 22.6. The Balaban J connectivity index is 2.38. The summed E-state index contributed by atoms with van der Waals surface area (Å²) in [6, 6.07) is 9.77. The van der Waals surface area contributed by atoms with E-state index in [1.807, 2.05) is 13.8 Å². The lowest BCUT2D eigenvalue weighted by Crippen LogP contribution is -2.32. The first-order valence-corrected chi connectivity index (χ1v) is 9.81. The average molecular weight is 391 g/mol. The molecule has 0 heterocycles. The van der Waals surface area contributed by atoms with Crippen molar-refractivity contribution in [2.24, 2.45) is 0 Å². The Morgan fingerprint density at radius 1 is 1.22 bits per heavy atom. The molecule has 0 bridgehead atoms. The molecule has 9 heteroatoms. The Hall–Kier alpha value is -2.94. The predicted molar refractivity (Wildman–Crippen MR) is 102 cm³/mol. The number of carbonyl (C=O) groups is 1. The number of anilines is 1. The molecule has 0 aliphatic heterocycles. The number of amides is 1. The summed E-state index contributed by atoms with van der Waals surface area (Å²) in [6.07, 6.45) is 0.729. The molecule has 1 amide bonds. The van der Waals surface area contributed by atoms with Gasteiger partial charge in [0.05, 0.1) is 21.1 Å². The first-order chi connectivity index (χ1) is 12.7. The van der Waals surface area contributed by atoms with Crippen LogP contribution < -0.4 is 10.0 Å². The highest BCUT2D eigenvalue weighted by atomic mass is 32.2. The van der Waals surface area contributed by atoms with Crippen LogP contribution in [0.3, 0.4) is 0 Å². The molecule has 0 radical (unpaired) electrons. The van der Waals surface area contributed by atoms with Crippen molar-refractivity contribution < 1.29 is 18.1 Å². The van der Waals surface area contributed by atoms with Gasteiger partial charge in [0.25, 0.3) is 21.6 Å². The van der Waals surface area contributed by atoms with Gasteiger partial charge in [-0.25, -0.2) is 8.42 Å².